The summed E-state index contributed by atoms with van der Waals surface area (Å²) in [5.74, 6) is -0.467. The molecule has 0 aliphatic heterocycles. The van der Waals surface area contributed by atoms with E-state index in [4.69, 9.17) is 5.21 Å². The lowest BCUT2D eigenvalue weighted by atomic mass is 10.2. The lowest BCUT2D eigenvalue weighted by Gasteiger charge is -1.89. The Morgan fingerprint density at radius 2 is 1.87 bits per heavy atom. The molecule has 0 fully saturated rings. The van der Waals surface area contributed by atoms with Crippen LogP contribution in [0.4, 0.5) is 0 Å². The van der Waals surface area contributed by atoms with Crippen molar-refractivity contribution in [1.29, 1.82) is 0 Å². The van der Waals surface area contributed by atoms with Gasteiger partial charge < -0.3 is 0 Å². The van der Waals surface area contributed by atoms with Crippen LogP contribution in [0.3, 0.4) is 0 Å². The predicted molar refractivity (Wildman–Crippen MR) is 56.6 cm³/mol. The minimum absolute atomic E-state index is 0.121. The molecule has 1 aromatic carbocycles. The van der Waals surface area contributed by atoms with E-state index in [9.17, 15) is 9.59 Å². The molecule has 0 aliphatic rings. The smallest absolute Gasteiger partial charge is 0.266 e. The highest BCUT2D eigenvalue weighted by Gasteiger charge is 1.92. The van der Waals surface area contributed by atoms with E-state index in [1.54, 1.807) is 6.92 Å². The Kier molecular flexibility index (Phi) is 6.50. The summed E-state index contributed by atoms with van der Waals surface area (Å²) >= 11 is 0. The van der Waals surface area contributed by atoms with Gasteiger partial charge in [0.2, 0.25) is 0 Å². The van der Waals surface area contributed by atoms with Crippen LogP contribution in [0.25, 0.3) is 0 Å². The molecule has 0 saturated carbocycles. The quantitative estimate of drug-likeness (QED) is 0.335. The lowest BCUT2D eigenvalue weighted by molar-refractivity contribution is -0.124. The maximum Gasteiger partial charge on any atom is 0.266 e. The largest absolute Gasteiger partial charge is 0.295 e. The Balaban J connectivity index is 0.000000288. The summed E-state index contributed by atoms with van der Waals surface area (Å²) in [7, 11) is 0. The first-order chi connectivity index (χ1) is 7.11. The highest BCUT2D eigenvalue weighted by Crippen LogP contribution is 1.97. The number of Topliss-reactive ketones (excluding diaryl/α,β-unsaturated/α-hetero) is 1. The van der Waals surface area contributed by atoms with E-state index >= 15 is 0 Å². The van der Waals surface area contributed by atoms with Crippen molar-refractivity contribution in [2.45, 2.75) is 6.92 Å². The first-order valence-corrected chi connectivity index (χ1v) is 4.24. The first kappa shape index (κ1) is 13.1. The summed E-state index contributed by atoms with van der Waals surface area (Å²) in [5.41, 5.74) is 2.13. The Hall–Kier alpha value is -1.94. The molecule has 15 heavy (non-hydrogen) atoms. The Morgan fingerprint density at radius 1 is 1.33 bits per heavy atom. The average Bonchev–Trinajstić information content (AvgIpc) is 2.30. The second kappa shape index (κ2) is 7.46. The van der Waals surface area contributed by atoms with Crippen molar-refractivity contribution in [2.24, 2.45) is 0 Å². The molecule has 0 spiro atoms. The number of carbonyl (C=O) groups is 2. The van der Waals surface area contributed by atoms with Crippen molar-refractivity contribution < 1.29 is 14.8 Å². The third-order valence-corrected chi connectivity index (χ3v) is 1.48. The molecule has 4 heteroatoms. The maximum atomic E-state index is 10.6. The minimum Gasteiger partial charge on any atom is -0.295 e. The molecule has 0 radical (unpaired) electrons. The van der Waals surface area contributed by atoms with Crippen LogP contribution in [0.15, 0.2) is 43.0 Å². The lowest BCUT2D eigenvalue weighted by Crippen LogP contribution is -2.14. The van der Waals surface area contributed by atoms with Gasteiger partial charge in [0.1, 0.15) is 0 Å². The van der Waals surface area contributed by atoms with Crippen LogP contribution in [0.1, 0.15) is 17.3 Å². The second-order valence-corrected chi connectivity index (χ2v) is 2.60. The second-order valence-electron chi connectivity index (χ2n) is 2.60. The van der Waals surface area contributed by atoms with Crippen LogP contribution < -0.4 is 5.48 Å². The molecular weight excluding hydrogens is 194 g/mol. The molecule has 1 rings (SSSR count). The molecule has 0 bridgehead atoms. The van der Waals surface area contributed by atoms with Gasteiger partial charge in [0.05, 0.1) is 0 Å². The first-order valence-electron chi connectivity index (χ1n) is 4.24. The molecule has 4 nitrogen and oxygen atoms in total. The Morgan fingerprint density at radius 3 is 2.07 bits per heavy atom. The topological polar surface area (TPSA) is 66.4 Å². The number of benzene rings is 1. The summed E-state index contributed by atoms with van der Waals surface area (Å²) < 4.78 is 0. The van der Waals surface area contributed by atoms with Crippen LogP contribution in [0.2, 0.25) is 0 Å². The van der Waals surface area contributed by atoms with Gasteiger partial charge >= 0.3 is 0 Å². The number of hydrogen-bond acceptors (Lipinski definition) is 3. The molecule has 2 N–H and O–H groups in total. The third kappa shape index (κ3) is 6.17. The number of amides is 1. The zero-order valence-corrected chi connectivity index (χ0v) is 8.43. The molecule has 0 aromatic heterocycles. The van der Waals surface area contributed by atoms with Gasteiger partial charge in [0.15, 0.2) is 5.78 Å². The minimum atomic E-state index is -0.588. The van der Waals surface area contributed by atoms with Crippen molar-refractivity contribution in [3.63, 3.8) is 0 Å². The van der Waals surface area contributed by atoms with Crippen LogP contribution in [-0.4, -0.2) is 16.9 Å². The highest BCUT2D eigenvalue weighted by atomic mass is 16.5. The predicted octanol–water partition coefficient (Wildman–Crippen LogP) is 1.57. The summed E-state index contributed by atoms with van der Waals surface area (Å²) in [6.07, 6.45) is 0.972. The summed E-state index contributed by atoms with van der Waals surface area (Å²) in [6.45, 7) is 4.62. The van der Waals surface area contributed by atoms with Gasteiger partial charge in [0, 0.05) is 5.56 Å². The van der Waals surface area contributed by atoms with Gasteiger partial charge in [-0.2, -0.15) is 0 Å². The molecule has 0 saturated heterocycles. The van der Waals surface area contributed by atoms with E-state index in [1.807, 2.05) is 30.3 Å². The van der Waals surface area contributed by atoms with Crippen LogP contribution in [-0.2, 0) is 4.79 Å². The average molecular weight is 207 g/mol. The number of carbonyl (C=O) groups excluding carboxylic acids is 2. The Bertz CT molecular complexity index is 333. The van der Waals surface area contributed by atoms with Crippen molar-refractivity contribution in [1.82, 2.24) is 5.48 Å². The summed E-state index contributed by atoms with van der Waals surface area (Å²) in [5, 5.41) is 7.66. The van der Waals surface area contributed by atoms with E-state index in [-0.39, 0.29) is 5.78 Å². The fourth-order valence-corrected chi connectivity index (χ4v) is 0.719. The van der Waals surface area contributed by atoms with E-state index in [2.05, 4.69) is 6.58 Å². The van der Waals surface area contributed by atoms with E-state index < -0.39 is 5.91 Å². The molecule has 0 aliphatic carbocycles. The van der Waals surface area contributed by atoms with Crippen LogP contribution in [0.5, 0.6) is 0 Å². The maximum absolute atomic E-state index is 10.6. The fraction of sp³-hybridized carbons (Fsp3) is 0.0909. The Labute approximate surface area is 88.2 Å². The SMILES string of the molecule is C=CC(=O)NO.CC(=O)c1ccccc1. The number of rotatable bonds is 2. The van der Waals surface area contributed by atoms with Gasteiger partial charge in [-0.3, -0.25) is 14.8 Å². The number of ketones is 1. The standard InChI is InChI=1S/C8H8O.C3H5NO2/c1-7(9)8-5-3-2-4-6-8;1-2-3(5)4-6/h2-6H,1H3;2,6H,1H2,(H,4,5). The number of hydrogen-bond donors (Lipinski definition) is 2. The molecule has 1 amide bonds. The van der Waals surface area contributed by atoms with E-state index in [1.165, 1.54) is 5.48 Å². The zero-order chi connectivity index (χ0) is 11.7. The molecule has 0 heterocycles. The van der Waals surface area contributed by atoms with Crippen molar-refractivity contribution in [3.05, 3.63) is 48.6 Å². The molecule has 0 unspecified atom stereocenters. The van der Waals surface area contributed by atoms with Crippen molar-refractivity contribution >= 4 is 11.7 Å². The van der Waals surface area contributed by atoms with Gasteiger partial charge in [-0.1, -0.05) is 36.9 Å². The number of nitrogens with one attached hydrogen (secondary N) is 1. The molecule has 80 valence electrons. The normalized spacial score (nSPS) is 8.13. The van der Waals surface area contributed by atoms with E-state index in [0.29, 0.717) is 0 Å². The van der Waals surface area contributed by atoms with Gasteiger partial charge in [-0.25, -0.2) is 5.48 Å². The van der Waals surface area contributed by atoms with Gasteiger partial charge in [-0.05, 0) is 13.0 Å². The summed E-state index contributed by atoms with van der Waals surface area (Å²) in [4.78, 5) is 20.3. The fourth-order valence-electron chi connectivity index (χ4n) is 0.719. The van der Waals surface area contributed by atoms with Crippen LogP contribution in [0, 0.1) is 0 Å². The van der Waals surface area contributed by atoms with Crippen molar-refractivity contribution in [3.8, 4) is 0 Å². The summed E-state index contributed by atoms with van der Waals surface area (Å²) in [6, 6.07) is 9.23. The molecule has 0 atom stereocenters. The third-order valence-electron chi connectivity index (χ3n) is 1.48. The monoisotopic (exact) mass is 207 g/mol. The number of hydroxylamine groups is 1. The highest BCUT2D eigenvalue weighted by molar-refractivity contribution is 5.93. The van der Waals surface area contributed by atoms with Gasteiger partial charge in [0.25, 0.3) is 5.91 Å². The molecular formula is C11H13NO3. The molecule has 1 aromatic rings. The van der Waals surface area contributed by atoms with Crippen molar-refractivity contribution in [2.75, 3.05) is 0 Å². The zero-order valence-electron chi connectivity index (χ0n) is 8.43. The van der Waals surface area contributed by atoms with Gasteiger partial charge in [-0.15, -0.1) is 0 Å². The van der Waals surface area contributed by atoms with Crippen LogP contribution >= 0.6 is 0 Å². The van der Waals surface area contributed by atoms with E-state index in [0.717, 1.165) is 11.6 Å².